The number of halogens is 6. The van der Waals surface area contributed by atoms with Crippen LogP contribution in [-0.2, 0) is 6.18 Å². The second-order valence-corrected chi connectivity index (χ2v) is 6.00. The summed E-state index contributed by atoms with van der Waals surface area (Å²) in [6, 6.07) is 7.74. The van der Waals surface area contributed by atoms with E-state index in [4.69, 9.17) is 39.6 Å². The highest BCUT2D eigenvalue weighted by molar-refractivity contribution is 6.42. The molecule has 0 N–H and O–H groups in total. The van der Waals surface area contributed by atoms with Crippen molar-refractivity contribution in [3.8, 4) is 5.75 Å². The fourth-order valence-electron chi connectivity index (χ4n) is 1.95. The van der Waals surface area contributed by atoms with E-state index in [9.17, 15) is 13.2 Å². The lowest BCUT2D eigenvalue weighted by Crippen LogP contribution is -2.14. The lowest BCUT2D eigenvalue weighted by atomic mass is 10.0. The van der Waals surface area contributed by atoms with Crippen LogP contribution in [0.25, 0.3) is 0 Å². The predicted molar refractivity (Wildman–Crippen MR) is 90.4 cm³/mol. The van der Waals surface area contributed by atoms with Gasteiger partial charge in [0.2, 0.25) is 0 Å². The van der Waals surface area contributed by atoms with E-state index in [0.717, 1.165) is 6.07 Å². The highest BCUT2D eigenvalue weighted by atomic mass is 35.5. The van der Waals surface area contributed by atoms with E-state index in [1.165, 1.54) is 30.3 Å². The molecule has 0 amide bonds. The van der Waals surface area contributed by atoms with Crippen molar-refractivity contribution in [2.24, 2.45) is 5.16 Å². The maximum Gasteiger partial charge on any atom is 0.417 e. The summed E-state index contributed by atoms with van der Waals surface area (Å²) in [6.45, 7) is 1.66. The number of rotatable bonds is 4. The molecule has 0 bridgehead atoms. The second-order valence-electron chi connectivity index (χ2n) is 4.75. The average Bonchev–Trinajstić information content (AvgIpc) is 2.50. The van der Waals surface area contributed by atoms with E-state index in [0.29, 0.717) is 5.02 Å². The standard InChI is InChI=1S/C16H11Cl3F3NO/c1-2-15(23-24-10-4-6-13(18)14(19)8-10)11-7-9(17)3-5-12(11)16(20,21)22/h3-8H,2H2,1H3/b23-15+. The summed E-state index contributed by atoms with van der Waals surface area (Å²) in [6.07, 6.45) is -4.32. The van der Waals surface area contributed by atoms with Gasteiger partial charge < -0.3 is 4.84 Å². The third kappa shape index (κ3) is 4.56. The summed E-state index contributed by atoms with van der Waals surface area (Å²) in [5, 5.41) is 4.58. The van der Waals surface area contributed by atoms with Gasteiger partial charge in [-0.1, -0.05) is 46.9 Å². The van der Waals surface area contributed by atoms with Crippen molar-refractivity contribution < 1.29 is 18.0 Å². The zero-order valence-electron chi connectivity index (χ0n) is 12.3. The topological polar surface area (TPSA) is 21.6 Å². The lowest BCUT2D eigenvalue weighted by Gasteiger charge is -2.14. The molecule has 128 valence electrons. The lowest BCUT2D eigenvalue weighted by molar-refractivity contribution is -0.137. The first-order valence-corrected chi connectivity index (χ1v) is 7.91. The molecule has 0 aliphatic carbocycles. The molecular formula is C16H11Cl3F3NO. The maximum atomic E-state index is 13.2. The average molecular weight is 397 g/mol. The molecule has 0 aromatic heterocycles. The number of nitrogens with zero attached hydrogens (tertiary/aromatic N) is 1. The van der Waals surface area contributed by atoms with Crippen LogP contribution >= 0.6 is 34.8 Å². The van der Waals surface area contributed by atoms with E-state index in [1.807, 2.05) is 0 Å². The highest BCUT2D eigenvalue weighted by Gasteiger charge is 2.34. The minimum atomic E-state index is -4.53. The molecular weight excluding hydrogens is 386 g/mol. The van der Waals surface area contributed by atoms with E-state index >= 15 is 0 Å². The smallest absolute Gasteiger partial charge is 0.357 e. The van der Waals surface area contributed by atoms with Crippen LogP contribution in [0, 0.1) is 0 Å². The Morgan fingerprint density at radius 2 is 1.75 bits per heavy atom. The number of oxime groups is 1. The zero-order chi connectivity index (χ0) is 17.9. The summed E-state index contributed by atoms with van der Waals surface area (Å²) in [5.74, 6) is 0.255. The monoisotopic (exact) mass is 395 g/mol. The molecule has 0 saturated heterocycles. The zero-order valence-corrected chi connectivity index (χ0v) is 14.6. The van der Waals surface area contributed by atoms with E-state index < -0.39 is 11.7 Å². The molecule has 8 heteroatoms. The fourth-order valence-corrected chi connectivity index (χ4v) is 2.41. The minimum Gasteiger partial charge on any atom is -0.357 e. The quantitative estimate of drug-likeness (QED) is 0.409. The number of hydrogen-bond donors (Lipinski definition) is 0. The van der Waals surface area contributed by atoms with Crippen LogP contribution in [0.5, 0.6) is 5.75 Å². The van der Waals surface area contributed by atoms with Crippen LogP contribution in [-0.4, -0.2) is 5.71 Å². The van der Waals surface area contributed by atoms with Crippen molar-refractivity contribution in [2.45, 2.75) is 19.5 Å². The first-order chi connectivity index (χ1) is 11.2. The Kier molecular flexibility index (Phi) is 6.01. The molecule has 0 aliphatic heterocycles. The first kappa shape index (κ1) is 18.9. The van der Waals surface area contributed by atoms with Crippen molar-refractivity contribution in [3.63, 3.8) is 0 Å². The predicted octanol–water partition coefficient (Wildman–Crippen LogP) is 6.86. The van der Waals surface area contributed by atoms with Gasteiger partial charge in [0.25, 0.3) is 0 Å². The van der Waals surface area contributed by atoms with Crippen molar-refractivity contribution in [3.05, 3.63) is 62.6 Å². The number of alkyl halides is 3. The second kappa shape index (κ2) is 7.64. The van der Waals surface area contributed by atoms with Crippen molar-refractivity contribution in [2.75, 3.05) is 0 Å². The van der Waals surface area contributed by atoms with Crippen molar-refractivity contribution >= 4 is 40.5 Å². The molecule has 24 heavy (non-hydrogen) atoms. The summed E-state index contributed by atoms with van der Waals surface area (Å²) in [4.78, 5) is 5.19. The van der Waals surface area contributed by atoms with Gasteiger partial charge in [-0.2, -0.15) is 13.2 Å². The molecule has 2 rings (SSSR count). The van der Waals surface area contributed by atoms with Crippen LogP contribution in [0.15, 0.2) is 41.6 Å². The molecule has 0 heterocycles. The van der Waals surface area contributed by atoms with Crippen LogP contribution in [0.1, 0.15) is 24.5 Å². The molecule has 0 radical (unpaired) electrons. The van der Waals surface area contributed by atoms with Crippen molar-refractivity contribution in [1.29, 1.82) is 0 Å². The Labute approximate surface area is 151 Å². The number of hydrogen-bond acceptors (Lipinski definition) is 2. The van der Waals surface area contributed by atoms with Gasteiger partial charge in [0.1, 0.15) is 0 Å². The van der Waals surface area contributed by atoms with Gasteiger partial charge in [-0.25, -0.2) is 0 Å². The normalized spacial score (nSPS) is 12.4. The van der Waals surface area contributed by atoms with E-state index in [2.05, 4.69) is 5.16 Å². The van der Waals surface area contributed by atoms with Gasteiger partial charge in [0.05, 0.1) is 21.3 Å². The Hall–Kier alpha value is -1.43. The van der Waals surface area contributed by atoms with Crippen LogP contribution < -0.4 is 4.84 Å². The van der Waals surface area contributed by atoms with Crippen LogP contribution in [0.3, 0.4) is 0 Å². The summed E-state index contributed by atoms with van der Waals surface area (Å²) in [5.41, 5.74) is -0.848. The molecule has 2 aromatic carbocycles. The molecule has 2 aromatic rings. The van der Waals surface area contributed by atoms with E-state index in [-0.39, 0.29) is 33.5 Å². The van der Waals surface area contributed by atoms with Gasteiger partial charge in [-0.3, -0.25) is 0 Å². The first-order valence-electron chi connectivity index (χ1n) is 6.78. The Morgan fingerprint density at radius 3 is 2.33 bits per heavy atom. The molecule has 0 atom stereocenters. The Morgan fingerprint density at radius 1 is 1.04 bits per heavy atom. The largest absolute Gasteiger partial charge is 0.417 e. The summed E-state index contributed by atoms with van der Waals surface area (Å²) >= 11 is 17.5. The molecule has 0 aliphatic rings. The van der Waals surface area contributed by atoms with Gasteiger partial charge in [0.15, 0.2) is 5.75 Å². The maximum absolute atomic E-state index is 13.2. The van der Waals surface area contributed by atoms with E-state index in [1.54, 1.807) is 6.92 Å². The van der Waals surface area contributed by atoms with Gasteiger partial charge in [0, 0.05) is 16.7 Å². The van der Waals surface area contributed by atoms with Crippen LogP contribution in [0.4, 0.5) is 13.2 Å². The Balaban J connectivity index is 2.40. The molecule has 0 unspecified atom stereocenters. The molecule has 2 nitrogen and oxygen atoms in total. The van der Waals surface area contributed by atoms with Crippen molar-refractivity contribution in [1.82, 2.24) is 0 Å². The molecule has 0 saturated carbocycles. The third-order valence-corrected chi connectivity index (χ3v) is 4.06. The van der Waals surface area contributed by atoms with Gasteiger partial charge in [-0.15, -0.1) is 0 Å². The highest BCUT2D eigenvalue weighted by Crippen LogP contribution is 2.34. The molecule has 0 spiro atoms. The van der Waals surface area contributed by atoms with Crippen LogP contribution in [0.2, 0.25) is 15.1 Å². The van der Waals surface area contributed by atoms with Gasteiger partial charge in [-0.05, 0) is 36.8 Å². The molecule has 0 fully saturated rings. The minimum absolute atomic E-state index is 0.107. The summed E-state index contributed by atoms with van der Waals surface area (Å²) < 4.78 is 39.5. The SMILES string of the molecule is CC/C(=N\Oc1ccc(Cl)c(Cl)c1)c1cc(Cl)ccc1C(F)(F)F. The fraction of sp³-hybridized carbons (Fsp3) is 0.188. The number of benzene rings is 2. The third-order valence-electron chi connectivity index (χ3n) is 3.09. The Bertz CT molecular complexity index is 776. The van der Waals surface area contributed by atoms with Gasteiger partial charge >= 0.3 is 6.18 Å². The summed E-state index contributed by atoms with van der Waals surface area (Å²) in [7, 11) is 0.